The van der Waals surface area contributed by atoms with E-state index in [9.17, 15) is 19.2 Å². The van der Waals surface area contributed by atoms with E-state index < -0.39 is 0 Å². The molecule has 0 aliphatic carbocycles. The molecule has 3 unspecified atom stereocenters. The molecular weight excluding hydrogens is 601 g/mol. The molecule has 2 amide bonds. The highest BCUT2D eigenvalue weighted by atomic mass is 32.0. The van der Waals surface area contributed by atoms with Crippen LogP contribution in [-0.4, -0.2) is 73.8 Å². The molecule has 0 bridgehead atoms. The molecule has 0 spiro atoms. The quantitative estimate of drug-likeness (QED) is 0.0589. The Morgan fingerprint density at radius 1 is 0.628 bits per heavy atom. The Morgan fingerprint density at radius 2 is 1.12 bits per heavy atom. The molecule has 0 radical (unpaired) electrons. The van der Waals surface area contributed by atoms with E-state index in [1.54, 1.807) is 4.90 Å². The molecule has 8 nitrogen and oxygen atoms in total. The normalized spacial score (nSPS) is 11.3. The molecule has 0 aromatic heterocycles. The number of hydrogen-bond donors (Lipinski definition) is 1. The molecule has 11 heteroatoms. The molecule has 0 aliphatic heterocycles. The Kier molecular flexibility index (Phi) is 32.5. The van der Waals surface area contributed by atoms with Gasteiger partial charge >= 0.3 is 0 Å². The van der Waals surface area contributed by atoms with Crippen LogP contribution in [0, 0.1) is 0 Å². The largest absolute Gasteiger partial charge is 0.379 e. The molecule has 0 aromatic carbocycles. The van der Waals surface area contributed by atoms with Gasteiger partial charge in [-0.2, -0.15) is 0 Å². The van der Waals surface area contributed by atoms with Crippen molar-refractivity contribution in [1.82, 2.24) is 10.2 Å². The third kappa shape index (κ3) is 31.3. The first kappa shape index (κ1) is 42.5. The van der Waals surface area contributed by atoms with Crippen LogP contribution in [-0.2, 0) is 28.7 Å². The lowest BCUT2D eigenvalue weighted by atomic mass is 10.0. The molecule has 0 saturated carbocycles. The van der Waals surface area contributed by atoms with Crippen molar-refractivity contribution >= 4 is 49.3 Å². The summed E-state index contributed by atoms with van der Waals surface area (Å²) in [5.41, 5.74) is 0.139. The van der Waals surface area contributed by atoms with Crippen LogP contribution >= 0.6 is 26.4 Å². The maximum absolute atomic E-state index is 12.8. The highest BCUT2D eigenvalue weighted by Crippen LogP contribution is 2.22. The number of hydrogen-bond acceptors (Lipinski definition) is 6. The number of ether oxygens (including phenoxy) is 2. The summed E-state index contributed by atoms with van der Waals surface area (Å²) in [6.07, 6.45) is 21.7. The van der Waals surface area contributed by atoms with Crippen molar-refractivity contribution in [3.05, 3.63) is 0 Å². The van der Waals surface area contributed by atoms with Gasteiger partial charge in [0, 0.05) is 45.3 Å². The summed E-state index contributed by atoms with van der Waals surface area (Å²) in [5, 5.41) is 2.95. The van der Waals surface area contributed by atoms with Gasteiger partial charge in [-0.15, -0.1) is 8.93 Å². The first-order valence-corrected chi connectivity index (χ1v) is 20.3. The molecular formula is C32H63N2O6P3. The van der Waals surface area contributed by atoms with Crippen LogP contribution in [0.5, 0.6) is 0 Å². The Bertz CT molecular complexity index is 715. The second-order valence-electron chi connectivity index (χ2n) is 11.3. The fourth-order valence-electron chi connectivity index (χ4n) is 4.70. The van der Waals surface area contributed by atoms with E-state index in [0.717, 1.165) is 12.8 Å². The zero-order valence-electron chi connectivity index (χ0n) is 27.1. The standard InChI is InChI=1S/C32H63N2O6P3/c1-2-3-4-5-6-7-8-9-10-11-12-13-14-15-16-18-29(35)33-22-17-19-30(36)34(23-27-39-25-20-31(37)41)24-28-40-26-21-32(38)43-42/h43H,2-28,41-42H2,1H3,(H,33,35). The predicted octanol–water partition coefficient (Wildman–Crippen LogP) is 7.18. The average Bonchev–Trinajstić information content (AvgIpc) is 2.99. The first-order valence-electron chi connectivity index (χ1n) is 16.9. The number of carbonyl (C=O) groups is 4. The molecule has 1 N–H and O–H groups in total. The molecule has 0 fully saturated rings. The van der Waals surface area contributed by atoms with Gasteiger partial charge in [0.05, 0.1) is 26.4 Å². The van der Waals surface area contributed by atoms with Gasteiger partial charge in [0.1, 0.15) is 0 Å². The number of rotatable bonds is 33. The fourth-order valence-corrected chi connectivity index (χ4v) is 5.49. The lowest BCUT2D eigenvalue weighted by molar-refractivity contribution is -0.133. The summed E-state index contributed by atoms with van der Waals surface area (Å²) >= 11 is 0. The van der Waals surface area contributed by atoms with E-state index >= 15 is 0 Å². The van der Waals surface area contributed by atoms with Gasteiger partial charge in [-0.1, -0.05) is 106 Å². The van der Waals surface area contributed by atoms with Crippen LogP contribution in [0.2, 0.25) is 0 Å². The molecule has 0 rings (SSSR count). The highest BCUT2D eigenvalue weighted by Gasteiger charge is 2.14. The summed E-state index contributed by atoms with van der Waals surface area (Å²) in [7, 11) is 4.75. The number of nitrogens with zero attached hydrogens (tertiary/aromatic N) is 1. The van der Waals surface area contributed by atoms with E-state index in [-0.39, 0.29) is 31.1 Å². The van der Waals surface area contributed by atoms with Crippen molar-refractivity contribution in [2.24, 2.45) is 0 Å². The Labute approximate surface area is 269 Å². The minimum Gasteiger partial charge on any atom is -0.379 e. The molecule has 252 valence electrons. The summed E-state index contributed by atoms with van der Waals surface area (Å²) in [6.45, 7) is 4.93. The van der Waals surface area contributed by atoms with Gasteiger partial charge < -0.3 is 19.7 Å². The smallest absolute Gasteiger partial charge is 0.222 e. The first-order chi connectivity index (χ1) is 20.9. The SMILES string of the molecule is CCCCCCCCCCCCCCCCCC(=O)NCCCC(=O)N(CCOCCC(=O)P)CCOCCC(=O)PP. The summed E-state index contributed by atoms with van der Waals surface area (Å²) < 4.78 is 11.0. The topological polar surface area (TPSA) is 102 Å². The van der Waals surface area contributed by atoms with Gasteiger partial charge in [-0.3, -0.25) is 19.2 Å². The minimum absolute atomic E-state index is 0.0106. The van der Waals surface area contributed by atoms with Crippen LogP contribution in [0.15, 0.2) is 0 Å². The molecule has 0 aromatic rings. The van der Waals surface area contributed by atoms with E-state index in [4.69, 9.17) is 9.47 Å². The highest BCUT2D eigenvalue weighted by molar-refractivity contribution is 8.11. The second kappa shape index (κ2) is 32.9. The van der Waals surface area contributed by atoms with Crippen molar-refractivity contribution in [3.8, 4) is 0 Å². The lowest BCUT2D eigenvalue weighted by Gasteiger charge is -2.23. The number of nitrogens with one attached hydrogen (secondary N) is 1. The van der Waals surface area contributed by atoms with Gasteiger partial charge in [0.2, 0.25) is 11.8 Å². The Balaban J connectivity index is 3.89. The summed E-state index contributed by atoms with van der Waals surface area (Å²) in [4.78, 5) is 49.1. The Morgan fingerprint density at radius 3 is 1.60 bits per heavy atom. The molecule has 0 heterocycles. The van der Waals surface area contributed by atoms with Gasteiger partial charge in [-0.25, -0.2) is 0 Å². The zero-order valence-corrected chi connectivity index (χ0v) is 30.5. The zero-order chi connectivity index (χ0) is 31.8. The summed E-state index contributed by atoms with van der Waals surface area (Å²) in [5.74, 6) is 0.0403. The van der Waals surface area contributed by atoms with E-state index in [2.05, 4.69) is 30.4 Å². The predicted molar refractivity (Wildman–Crippen MR) is 187 cm³/mol. The van der Waals surface area contributed by atoms with Crippen LogP contribution in [0.4, 0.5) is 0 Å². The van der Waals surface area contributed by atoms with Crippen molar-refractivity contribution in [2.45, 2.75) is 135 Å². The minimum atomic E-state index is -0.0199. The van der Waals surface area contributed by atoms with Crippen molar-refractivity contribution in [3.63, 3.8) is 0 Å². The van der Waals surface area contributed by atoms with Crippen LogP contribution in [0.1, 0.15) is 135 Å². The van der Waals surface area contributed by atoms with Gasteiger partial charge in [-0.05, 0) is 21.1 Å². The van der Waals surface area contributed by atoms with Gasteiger partial charge in [0.15, 0.2) is 11.0 Å². The average molecular weight is 665 g/mol. The third-order valence-electron chi connectivity index (χ3n) is 7.39. The van der Waals surface area contributed by atoms with E-state index in [0.29, 0.717) is 78.2 Å². The maximum Gasteiger partial charge on any atom is 0.222 e. The Hall–Kier alpha value is -0.510. The van der Waals surface area contributed by atoms with Crippen LogP contribution in [0.3, 0.4) is 0 Å². The lowest BCUT2D eigenvalue weighted by Crippen LogP contribution is -2.37. The number of unbranched alkanes of at least 4 members (excludes halogenated alkanes) is 14. The maximum atomic E-state index is 12.8. The van der Waals surface area contributed by atoms with Crippen LogP contribution < -0.4 is 5.32 Å². The number of amides is 2. The van der Waals surface area contributed by atoms with Gasteiger partial charge in [0.25, 0.3) is 0 Å². The second-order valence-corrected chi connectivity index (χ2v) is 13.6. The van der Waals surface area contributed by atoms with E-state index in [1.807, 2.05) is 0 Å². The summed E-state index contributed by atoms with van der Waals surface area (Å²) in [6, 6.07) is 0. The third-order valence-corrected chi connectivity index (χ3v) is 9.21. The molecule has 3 atom stereocenters. The van der Waals surface area contributed by atoms with Crippen LogP contribution in [0.25, 0.3) is 0 Å². The van der Waals surface area contributed by atoms with Crippen molar-refractivity contribution in [2.75, 3.05) is 46.1 Å². The molecule has 0 saturated heterocycles. The van der Waals surface area contributed by atoms with Crippen molar-refractivity contribution < 1.29 is 28.7 Å². The van der Waals surface area contributed by atoms with E-state index in [1.165, 1.54) is 83.5 Å². The monoisotopic (exact) mass is 664 g/mol. The fraction of sp³-hybridized carbons (Fsp3) is 0.875. The molecule has 0 aliphatic rings. The molecule has 43 heavy (non-hydrogen) atoms. The number of carbonyl (C=O) groups excluding carboxylic acids is 4. The van der Waals surface area contributed by atoms with Crippen molar-refractivity contribution in [1.29, 1.82) is 0 Å².